The molecule has 0 spiro atoms. The Bertz CT molecular complexity index is 500. The van der Waals surface area contributed by atoms with Crippen LogP contribution in [0, 0.1) is 0 Å². The molecule has 1 rings (SSSR count). The summed E-state index contributed by atoms with van der Waals surface area (Å²) in [5.41, 5.74) is 0.378. The minimum absolute atomic E-state index is 0.0366. The summed E-state index contributed by atoms with van der Waals surface area (Å²) in [6.45, 7) is 0.0366. The van der Waals surface area contributed by atoms with Crippen molar-refractivity contribution in [3.05, 3.63) is 23.5 Å². The molecule has 0 bridgehead atoms. The van der Waals surface area contributed by atoms with Crippen LogP contribution in [-0.4, -0.2) is 54.5 Å². The lowest BCUT2D eigenvalue weighted by Gasteiger charge is -2.19. The van der Waals surface area contributed by atoms with Crippen molar-refractivity contribution in [3.8, 4) is 0 Å². The second-order valence-corrected chi connectivity index (χ2v) is 5.76. The molecule has 1 aromatic heterocycles. The topological polar surface area (TPSA) is 97.7 Å². The average molecular weight is 302 g/mol. The first-order chi connectivity index (χ1) is 8.92. The van der Waals surface area contributed by atoms with E-state index in [0.29, 0.717) is 0 Å². The molecule has 0 aliphatic heterocycles. The minimum Gasteiger partial charge on any atom is -0.772 e. The second-order valence-electron chi connectivity index (χ2n) is 3.78. The van der Waals surface area contributed by atoms with Crippen LogP contribution < -0.4 is 0 Å². The zero-order valence-electron chi connectivity index (χ0n) is 10.7. The van der Waals surface area contributed by atoms with Gasteiger partial charge < -0.3 is 23.4 Å². The SMILES string of the molecule is COCn1cc(C(=O)OC)cc1C([C](=O)[AlH2])S(=O)[O-]. The second kappa shape index (κ2) is 6.98. The maximum atomic E-state index is 11.5. The zero-order chi connectivity index (χ0) is 14.6. The third-order valence-corrected chi connectivity index (χ3v) is 4.40. The number of methoxy groups -OCH3 is 2. The van der Waals surface area contributed by atoms with Gasteiger partial charge in [0, 0.05) is 19.0 Å². The third kappa shape index (κ3) is 3.75. The van der Waals surface area contributed by atoms with Crippen LogP contribution in [0.5, 0.6) is 0 Å². The van der Waals surface area contributed by atoms with E-state index in [1.807, 2.05) is 0 Å². The molecule has 1 aromatic rings. The Morgan fingerprint density at radius 1 is 1.53 bits per heavy atom. The Hall–Kier alpha value is -0.978. The van der Waals surface area contributed by atoms with E-state index >= 15 is 0 Å². The normalized spacial score (nSPS) is 13.8. The van der Waals surface area contributed by atoms with E-state index in [1.54, 1.807) is 0 Å². The van der Waals surface area contributed by atoms with Gasteiger partial charge in [0.15, 0.2) is 0 Å². The number of rotatable bonds is 6. The fraction of sp³-hybridized carbons (Fsp3) is 0.400. The molecule has 0 radical (unpaired) electrons. The van der Waals surface area contributed by atoms with Gasteiger partial charge in [-0.25, -0.2) is 4.79 Å². The van der Waals surface area contributed by atoms with Gasteiger partial charge in [0.25, 0.3) is 0 Å². The van der Waals surface area contributed by atoms with E-state index in [0.717, 1.165) is 0 Å². The smallest absolute Gasteiger partial charge is 0.339 e. The van der Waals surface area contributed by atoms with Crippen molar-refractivity contribution in [2.45, 2.75) is 12.0 Å². The van der Waals surface area contributed by atoms with Crippen molar-refractivity contribution in [3.63, 3.8) is 0 Å². The Morgan fingerprint density at radius 3 is 2.58 bits per heavy atom. The van der Waals surface area contributed by atoms with Crippen LogP contribution >= 0.6 is 0 Å². The van der Waals surface area contributed by atoms with Crippen LogP contribution in [0.1, 0.15) is 21.3 Å². The maximum absolute atomic E-state index is 11.5. The Balaban J connectivity index is 3.30. The zero-order valence-corrected chi connectivity index (χ0v) is 13.6. The Morgan fingerprint density at radius 2 is 2.16 bits per heavy atom. The fourth-order valence-electron chi connectivity index (χ4n) is 1.67. The molecule has 0 N–H and O–H groups in total. The number of esters is 1. The van der Waals surface area contributed by atoms with Crippen LogP contribution in [0.15, 0.2) is 12.3 Å². The Kier molecular flexibility index (Phi) is 5.91. The summed E-state index contributed by atoms with van der Waals surface area (Å²) in [5, 5.41) is -1.28. The van der Waals surface area contributed by atoms with Gasteiger partial charge in [0.05, 0.1) is 17.3 Å². The van der Waals surface area contributed by atoms with E-state index in [1.165, 1.54) is 31.0 Å². The molecule has 9 heteroatoms. The van der Waals surface area contributed by atoms with E-state index in [2.05, 4.69) is 4.74 Å². The molecule has 104 valence electrons. The van der Waals surface area contributed by atoms with Crippen LogP contribution in [0.3, 0.4) is 0 Å². The molecular formula is C10H13AlNO6S-. The highest BCUT2D eigenvalue weighted by molar-refractivity contribution is 7.80. The third-order valence-electron chi connectivity index (χ3n) is 2.45. The van der Waals surface area contributed by atoms with Gasteiger partial charge in [-0.15, -0.1) is 0 Å². The van der Waals surface area contributed by atoms with Crippen molar-refractivity contribution in [2.24, 2.45) is 0 Å². The van der Waals surface area contributed by atoms with E-state index in [9.17, 15) is 18.4 Å². The molecule has 0 saturated carbocycles. The largest absolute Gasteiger partial charge is 0.772 e. The number of nitrogens with zero attached hydrogens (tertiary/aromatic N) is 1. The van der Waals surface area contributed by atoms with E-state index < -0.39 is 26.9 Å². The maximum Gasteiger partial charge on any atom is 0.339 e. The number of aromatic nitrogens is 1. The van der Waals surface area contributed by atoms with Crippen molar-refractivity contribution in [2.75, 3.05) is 14.2 Å². The molecule has 1 heterocycles. The van der Waals surface area contributed by atoms with Crippen LogP contribution in [-0.2, 0) is 32.1 Å². The quantitative estimate of drug-likeness (QED) is 0.378. The fourth-order valence-corrected chi connectivity index (χ4v) is 3.22. The Labute approximate surface area is 120 Å². The minimum atomic E-state index is -2.59. The van der Waals surface area contributed by atoms with Gasteiger partial charge in [-0.3, -0.25) is 4.21 Å². The summed E-state index contributed by atoms with van der Waals surface area (Å²) < 4.78 is 32.8. The highest BCUT2D eigenvalue weighted by atomic mass is 32.2. The molecule has 0 aliphatic carbocycles. The van der Waals surface area contributed by atoms with Crippen molar-refractivity contribution in [1.82, 2.24) is 4.57 Å². The van der Waals surface area contributed by atoms with Gasteiger partial charge in [0.1, 0.15) is 12.0 Å². The molecule has 0 amide bonds. The number of carbonyl (C=O) groups is 2. The van der Waals surface area contributed by atoms with Gasteiger partial charge in [0.2, 0.25) is 0 Å². The van der Waals surface area contributed by atoms with Crippen molar-refractivity contribution < 1.29 is 27.8 Å². The number of hydrogen-bond donors (Lipinski definition) is 0. The van der Waals surface area contributed by atoms with Gasteiger partial charge >= 0.3 is 22.3 Å². The first-order valence-corrected chi connectivity index (χ1v) is 7.42. The first-order valence-electron chi connectivity index (χ1n) is 5.28. The van der Waals surface area contributed by atoms with Gasteiger partial charge in [-0.2, -0.15) is 0 Å². The summed E-state index contributed by atoms with van der Waals surface area (Å²) in [6, 6.07) is 1.33. The predicted molar refractivity (Wildman–Crippen MR) is 68.0 cm³/mol. The molecule has 7 nitrogen and oxygen atoms in total. The average Bonchev–Trinajstić information content (AvgIpc) is 2.72. The molecule has 0 saturated heterocycles. The van der Waals surface area contributed by atoms with Crippen molar-refractivity contribution in [1.29, 1.82) is 0 Å². The van der Waals surface area contributed by atoms with Crippen LogP contribution in [0.4, 0.5) is 0 Å². The van der Waals surface area contributed by atoms with E-state index in [4.69, 9.17) is 4.74 Å². The highest BCUT2D eigenvalue weighted by Crippen LogP contribution is 2.22. The summed E-state index contributed by atoms with van der Waals surface area (Å²) in [6.07, 6.45) is 1.40. The van der Waals surface area contributed by atoms with Crippen molar-refractivity contribution >= 4 is 38.0 Å². The summed E-state index contributed by atoms with van der Waals surface area (Å²) in [4.78, 5) is 22.9. The molecule has 2 unspecified atom stereocenters. The molecule has 2 atom stereocenters. The molecule has 0 aliphatic rings. The number of carbonyl (C=O) groups excluding carboxylic acids is 2. The molecule has 19 heavy (non-hydrogen) atoms. The van der Waals surface area contributed by atoms with Gasteiger partial charge in [-0.1, -0.05) is 0 Å². The standard InChI is InChI=1S/C10H12NO6S.Al.2H/c1-16-6-11-4-7(10(13)17-2)3-8(11)9(5-12)18(14)15;;;/h3-4,9H,6H2,1-2H3,(H,14,15);;;/p-1. The monoisotopic (exact) mass is 302 g/mol. The number of hydrogen-bond acceptors (Lipinski definition) is 6. The summed E-state index contributed by atoms with van der Waals surface area (Å²) in [7, 11) is 2.64. The lowest BCUT2D eigenvalue weighted by molar-refractivity contribution is -0.111. The summed E-state index contributed by atoms with van der Waals surface area (Å²) >= 11 is -2.50. The first kappa shape index (κ1) is 16.1. The molecular weight excluding hydrogens is 289 g/mol. The van der Waals surface area contributed by atoms with Crippen LogP contribution in [0.2, 0.25) is 0 Å². The molecule has 0 fully saturated rings. The highest BCUT2D eigenvalue weighted by Gasteiger charge is 2.23. The molecule has 0 aromatic carbocycles. The van der Waals surface area contributed by atoms with E-state index in [-0.39, 0.29) is 34.3 Å². The predicted octanol–water partition coefficient (Wildman–Crippen LogP) is -1.04. The van der Waals surface area contributed by atoms with Crippen LogP contribution in [0.25, 0.3) is 0 Å². The number of ether oxygens (including phenoxy) is 2. The summed E-state index contributed by atoms with van der Waals surface area (Å²) in [5.74, 6) is -0.604. The van der Waals surface area contributed by atoms with Gasteiger partial charge in [-0.05, 0) is 17.1 Å². The lowest BCUT2D eigenvalue weighted by Crippen LogP contribution is -2.21. The lowest BCUT2D eigenvalue weighted by atomic mass is 10.2.